The normalized spacial score (nSPS) is 11.2. The van der Waals surface area contributed by atoms with Crippen molar-refractivity contribution in [2.75, 3.05) is 0 Å². The number of hydrogen-bond acceptors (Lipinski definition) is 3. The predicted molar refractivity (Wildman–Crippen MR) is 178 cm³/mol. The van der Waals surface area contributed by atoms with Gasteiger partial charge in [-0.25, -0.2) is 9.37 Å². The van der Waals surface area contributed by atoms with E-state index in [4.69, 9.17) is 9.84 Å². The Morgan fingerprint density at radius 1 is 0.848 bits per heavy atom. The Balaban J connectivity index is 0.00000372. The largest absolute Gasteiger partial charge is 2.00 e. The molecule has 0 atom stereocenters. The van der Waals surface area contributed by atoms with E-state index in [1.807, 2.05) is 71.6 Å². The summed E-state index contributed by atoms with van der Waals surface area (Å²) in [5.74, 6) is 1.58. The second kappa shape index (κ2) is 13.1. The molecule has 3 aromatic heterocycles. The van der Waals surface area contributed by atoms with E-state index >= 15 is 0 Å². The minimum atomic E-state index is -0.287. The molecule has 7 rings (SSSR count). The number of rotatable bonds is 8. The fourth-order valence-electron chi connectivity index (χ4n) is 6.13. The van der Waals surface area contributed by atoms with E-state index in [-0.39, 0.29) is 26.9 Å². The number of hydrogen-bond donors (Lipinski definition) is 0. The third-order valence-corrected chi connectivity index (χ3v) is 8.25. The third kappa shape index (κ3) is 5.90. The molecule has 0 spiro atoms. The summed E-state index contributed by atoms with van der Waals surface area (Å²) >= 11 is 0. The molecule has 0 radical (unpaired) electrons. The molecule has 0 bridgehead atoms. The monoisotopic (exact) mass is 787 g/mol. The molecule has 232 valence electrons. The van der Waals surface area contributed by atoms with Crippen LogP contribution in [0.3, 0.4) is 0 Å². The van der Waals surface area contributed by atoms with Crippen LogP contribution in [0.2, 0.25) is 0 Å². The minimum Gasteiger partial charge on any atom is -0.509 e. The van der Waals surface area contributed by atoms with E-state index in [2.05, 4.69) is 49.2 Å². The summed E-state index contributed by atoms with van der Waals surface area (Å²) < 4.78 is 24.9. The topological polar surface area (TPSA) is 44.9 Å². The molecule has 0 saturated heterocycles. The van der Waals surface area contributed by atoms with Gasteiger partial charge in [-0.1, -0.05) is 62.0 Å². The fourth-order valence-corrected chi connectivity index (χ4v) is 6.13. The van der Waals surface area contributed by atoms with Crippen molar-refractivity contribution in [1.29, 1.82) is 0 Å². The number of unbranched alkanes of at least 4 members (excludes halogenated alkanes) is 1. The van der Waals surface area contributed by atoms with Crippen molar-refractivity contribution in [2.45, 2.75) is 47.0 Å². The zero-order valence-electron chi connectivity index (χ0n) is 26.2. The van der Waals surface area contributed by atoms with Gasteiger partial charge >= 0.3 is 21.1 Å². The predicted octanol–water partition coefficient (Wildman–Crippen LogP) is 9.83. The molecule has 7 aromatic rings. The van der Waals surface area contributed by atoms with Crippen LogP contribution < -0.4 is 4.74 Å². The summed E-state index contributed by atoms with van der Waals surface area (Å²) in [7, 11) is 0. The van der Waals surface area contributed by atoms with Gasteiger partial charge in [-0.15, -0.1) is 35.7 Å². The van der Waals surface area contributed by atoms with Gasteiger partial charge in [-0.3, -0.25) is 4.68 Å². The van der Waals surface area contributed by atoms with E-state index in [0.29, 0.717) is 11.5 Å². The quantitative estimate of drug-likeness (QED) is 0.144. The smallest absolute Gasteiger partial charge is 0.509 e. The summed E-state index contributed by atoms with van der Waals surface area (Å²) in [5, 5.41) is 6.60. The van der Waals surface area contributed by atoms with Gasteiger partial charge in [0, 0.05) is 34.5 Å². The van der Waals surface area contributed by atoms with E-state index in [0.717, 1.165) is 86.2 Å². The summed E-state index contributed by atoms with van der Waals surface area (Å²) in [6.07, 6.45) is 4.85. The minimum absolute atomic E-state index is 0. The van der Waals surface area contributed by atoms with E-state index in [1.165, 1.54) is 6.07 Å². The molecule has 7 heteroatoms. The van der Waals surface area contributed by atoms with Crippen LogP contribution in [0.1, 0.15) is 42.3 Å². The number of ether oxygens (including phenoxy) is 1. The molecule has 3 heterocycles. The van der Waals surface area contributed by atoms with Gasteiger partial charge < -0.3 is 9.30 Å². The molecule has 0 amide bonds. The van der Waals surface area contributed by atoms with Crippen molar-refractivity contribution in [3.63, 3.8) is 0 Å². The summed E-state index contributed by atoms with van der Waals surface area (Å²) in [5.41, 5.74) is 8.95. The Morgan fingerprint density at radius 3 is 2.46 bits per heavy atom. The molecule has 0 aliphatic rings. The standard InChI is InChI=1S/C39H33FN4O.Pt/c1-5-6-10-28-20-31(44-27(4)39(26(3)42-44)29-11-8-7-9-12-29)23-33(21-28)45-32-14-15-34-35-22-30(40)13-16-36(35)43(37(34)24-32)38-19-25(2)17-18-41-38;/h7-9,11-22H,5-6,10H2,1-4H3;/q-2;+2. The number of aryl methyl sites for hydroxylation is 3. The Morgan fingerprint density at radius 2 is 1.67 bits per heavy atom. The first-order valence-electron chi connectivity index (χ1n) is 15.3. The van der Waals surface area contributed by atoms with Crippen LogP contribution in [0, 0.1) is 38.7 Å². The summed E-state index contributed by atoms with van der Waals surface area (Å²) in [6.45, 7) is 8.36. The van der Waals surface area contributed by atoms with Crippen LogP contribution in [0.15, 0.2) is 91.1 Å². The van der Waals surface area contributed by atoms with Crippen molar-refractivity contribution < 1.29 is 30.2 Å². The zero-order chi connectivity index (χ0) is 31.1. The van der Waals surface area contributed by atoms with Gasteiger partial charge in [0.25, 0.3) is 0 Å². The number of pyridine rings is 1. The van der Waals surface area contributed by atoms with Crippen LogP contribution in [-0.4, -0.2) is 19.3 Å². The maximum atomic E-state index is 14.4. The molecule has 0 fully saturated rings. The maximum Gasteiger partial charge on any atom is 2.00 e. The number of aromatic nitrogens is 4. The first kappa shape index (κ1) is 31.4. The van der Waals surface area contributed by atoms with Crippen LogP contribution in [0.4, 0.5) is 4.39 Å². The van der Waals surface area contributed by atoms with Gasteiger partial charge in [0.1, 0.15) is 11.6 Å². The number of nitrogens with zero attached hydrogens (tertiary/aromatic N) is 4. The third-order valence-electron chi connectivity index (χ3n) is 8.25. The van der Waals surface area contributed by atoms with Crippen molar-refractivity contribution in [3.8, 4) is 34.1 Å². The second-order valence-corrected chi connectivity index (χ2v) is 11.5. The summed E-state index contributed by atoms with van der Waals surface area (Å²) in [6, 6.07) is 34.2. The summed E-state index contributed by atoms with van der Waals surface area (Å²) in [4.78, 5) is 4.64. The van der Waals surface area contributed by atoms with E-state index in [9.17, 15) is 4.39 Å². The van der Waals surface area contributed by atoms with Crippen LogP contribution in [0.25, 0.3) is 44.4 Å². The van der Waals surface area contributed by atoms with E-state index in [1.54, 1.807) is 18.3 Å². The van der Waals surface area contributed by atoms with E-state index < -0.39 is 0 Å². The van der Waals surface area contributed by atoms with Gasteiger partial charge in [0.15, 0.2) is 0 Å². The van der Waals surface area contributed by atoms with Crippen molar-refractivity contribution in [2.24, 2.45) is 0 Å². The Bertz CT molecular complexity index is 2180. The molecule has 5 nitrogen and oxygen atoms in total. The molecule has 0 aliphatic heterocycles. The Hall–Kier alpha value is -4.54. The molecular weight excluding hydrogens is 755 g/mol. The fraction of sp³-hybridized carbons (Fsp3) is 0.179. The molecular formula is C39H33FN4OPt. The number of benzene rings is 4. The van der Waals surface area contributed by atoms with Gasteiger partial charge in [-0.2, -0.15) is 16.7 Å². The van der Waals surface area contributed by atoms with Crippen molar-refractivity contribution in [3.05, 3.63) is 132 Å². The molecule has 0 saturated carbocycles. The van der Waals surface area contributed by atoms with Crippen molar-refractivity contribution in [1.82, 2.24) is 19.3 Å². The molecule has 46 heavy (non-hydrogen) atoms. The Kier molecular flexibility index (Phi) is 8.92. The maximum absolute atomic E-state index is 14.4. The van der Waals surface area contributed by atoms with Gasteiger partial charge in [0.2, 0.25) is 0 Å². The number of halogens is 1. The van der Waals surface area contributed by atoms with Crippen molar-refractivity contribution >= 4 is 21.8 Å². The second-order valence-electron chi connectivity index (χ2n) is 11.5. The average Bonchev–Trinajstić information content (AvgIpc) is 3.52. The number of fused-ring (bicyclic) bond motifs is 3. The van der Waals surface area contributed by atoms with Gasteiger partial charge in [0.05, 0.1) is 5.69 Å². The van der Waals surface area contributed by atoms with Crippen LogP contribution >= 0.6 is 0 Å². The molecule has 0 unspecified atom stereocenters. The van der Waals surface area contributed by atoms with Gasteiger partial charge in [-0.05, 0) is 73.3 Å². The van der Waals surface area contributed by atoms with Crippen LogP contribution in [-0.2, 0) is 27.5 Å². The first-order chi connectivity index (χ1) is 21.9. The molecule has 4 aromatic carbocycles. The Labute approximate surface area is 282 Å². The molecule has 0 N–H and O–H groups in total. The molecule has 0 aliphatic carbocycles. The SMILES string of the molecule is CCCCc1cc(Oc2[c-]c3c(cc2)c2cc(F)ccc2n3-c2cc(C)ccn2)[c-]c(-n2nc(C)c(-c3ccccc3)c2C)c1.[Pt+2]. The zero-order valence-corrected chi connectivity index (χ0v) is 28.4. The van der Waals surface area contributed by atoms with Crippen LogP contribution in [0.5, 0.6) is 11.5 Å². The average molecular weight is 788 g/mol. The first-order valence-corrected chi connectivity index (χ1v) is 15.3.